The van der Waals surface area contributed by atoms with Crippen LogP contribution in [0.25, 0.3) is 0 Å². The van der Waals surface area contributed by atoms with Crippen molar-refractivity contribution in [2.75, 3.05) is 10.6 Å². The van der Waals surface area contributed by atoms with E-state index in [1.165, 1.54) is 12.1 Å². The molecule has 0 aliphatic rings. The summed E-state index contributed by atoms with van der Waals surface area (Å²) >= 11 is 3.27. The molecule has 0 aliphatic carbocycles. The molecule has 2 rings (SSSR count). The van der Waals surface area contributed by atoms with E-state index >= 15 is 0 Å². The zero-order chi connectivity index (χ0) is 14.5. The summed E-state index contributed by atoms with van der Waals surface area (Å²) in [6.45, 7) is 0. The third-order valence-corrected chi connectivity index (χ3v) is 3.12. The topological polar surface area (TPSA) is 78.4 Å². The average molecular weight is 335 g/mol. The molecule has 0 heterocycles. The number of amides is 2. The molecule has 0 unspecified atom stereocenters. The molecule has 20 heavy (non-hydrogen) atoms. The Bertz CT molecular complexity index is 658. The van der Waals surface area contributed by atoms with Crippen LogP contribution >= 0.6 is 15.9 Å². The quantitative estimate of drug-likeness (QED) is 0.739. The van der Waals surface area contributed by atoms with Crippen LogP contribution in [0.1, 0.15) is 0 Å². The van der Waals surface area contributed by atoms with E-state index in [4.69, 9.17) is 0 Å². The van der Waals surface area contributed by atoms with Gasteiger partial charge in [-0.3, -0.25) is 9.59 Å². The molecule has 2 aromatic carbocycles. The van der Waals surface area contributed by atoms with Gasteiger partial charge in [0.05, 0.1) is 5.69 Å². The predicted molar refractivity (Wildman–Crippen MR) is 79.5 cm³/mol. The Kier molecular flexibility index (Phi) is 4.37. The van der Waals surface area contributed by atoms with Crippen LogP contribution in [0.4, 0.5) is 11.4 Å². The third kappa shape index (κ3) is 3.58. The summed E-state index contributed by atoms with van der Waals surface area (Å²) in [6, 6.07) is 12.9. The molecule has 0 aliphatic heterocycles. The van der Waals surface area contributed by atoms with Crippen molar-refractivity contribution in [1.29, 1.82) is 0 Å². The highest BCUT2D eigenvalue weighted by molar-refractivity contribution is 9.10. The van der Waals surface area contributed by atoms with Crippen LogP contribution in [-0.4, -0.2) is 16.9 Å². The lowest BCUT2D eigenvalue weighted by molar-refractivity contribution is -0.133. The van der Waals surface area contributed by atoms with Crippen LogP contribution < -0.4 is 10.6 Å². The Hall–Kier alpha value is -2.34. The van der Waals surface area contributed by atoms with Gasteiger partial charge in [0.15, 0.2) is 0 Å². The molecular weight excluding hydrogens is 324 g/mol. The fourth-order valence-corrected chi connectivity index (χ4v) is 1.90. The van der Waals surface area contributed by atoms with Crippen LogP contribution in [0, 0.1) is 0 Å². The fourth-order valence-electron chi connectivity index (χ4n) is 1.51. The van der Waals surface area contributed by atoms with Crippen molar-refractivity contribution in [2.45, 2.75) is 0 Å². The second kappa shape index (κ2) is 6.21. The van der Waals surface area contributed by atoms with E-state index < -0.39 is 11.8 Å². The zero-order valence-electron chi connectivity index (χ0n) is 10.3. The average Bonchev–Trinajstić information content (AvgIpc) is 2.41. The molecule has 0 spiro atoms. The molecular formula is C14H11BrN2O3. The van der Waals surface area contributed by atoms with Crippen molar-refractivity contribution < 1.29 is 14.7 Å². The van der Waals surface area contributed by atoms with E-state index in [9.17, 15) is 14.7 Å². The third-order valence-electron chi connectivity index (χ3n) is 2.43. The van der Waals surface area contributed by atoms with Gasteiger partial charge in [-0.15, -0.1) is 0 Å². The largest absolute Gasteiger partial charge is 0.508 e. The molecule has 0 aromatic heterocycles. The fraction of sp³-hybridized carbons (Fsp3) is 0. The van der Waals surface area contributed by atoms with Gasteiger partial charge in [0.25, 0.3) is 0 Å². The summed E-state index contributed by atoms with van der Waals surface area (Å²) in [6.07, 6.45) is 0. The molecule has 0 saturated heterocycles. The summed E-state index contributed by atoms with van der Waals surface area (Å²) in [5.41, 5.74) is 0.848. The van der Waals surface area contributed by atoms with Crippen molar-refractivity contribution in [3.8, 4) is 5.75 Å². The first-order chi connectivity index (χ1) is 9.56. The molecule has 6 heteroatoms. The number of benzene rings is 2. The van der Waals surface area contributed by atoms with Gasteiger partial charge in [-0.2, -0.15) is 0 Å². The maximum atomic E-state index is 11.7. The van der Waals surface area contributed by atoms with Crippen molar-refractivity contribution in [2.24, 2.45) is 0 Å². The Morgan fingerprint density at radius 3 is 2.35 bits per heavy atom. The van der Waals surface area contributed by atoms with Crippen molar-refractivity contribution in [3.63, 3.8) is 0 Å². The smallest absolute Gasteiger partial charge is 0.314 e. The number of phenolic OH excluding ortho intramolecular Hbond substituents is 1. The Morgan fingerprint density at radius 1 is 0.950 bits per heavy atom. The number of phenols is 1. The molecule has 0 saturated carbocycles. The van der Waals surface area contributed by atoms with Crippen LogP contribution in [0.3, 0.4) is 0 Å². The second-order valence-electron chi connectivity index (χ2n) is 3.94. The Labute approximate surface area is 123 Å². The highest BCUT2D eigenvalue weighted by Gasteiger charge is 2.15. The minimum atomic E-state index is -0.814. The normalized spacial score (nSPS) is 9.85. The zero-order valence-corrected chi connectivity index (χ0v) is 11.8. The second-order valence-corrected chi connectivity index (χ2v) is 4.79. The first kappa shape index (κ1) is 14.1. The number of carbonyl (C=O) groups excluding carboxylic acids is 2. The maximum Gasteiger partial charge on any atom is 0.314 e. The highest BCUT2D eigenvalue weighted by atomic mass is 79.9. The number of rotatable bonds is 2. The molecule has 0 fully saturated rings. The number of para-hydroxylation sites is 1. The molecule has 3 N–H and O–H groups in total. The minimum absolute atomic E-state index is 0.00834. The lowest BCUT2D eigenvalue weighted by atomic mass is 10.3. The van der Waals surface area contributed by atoms with Crippen molar-refractivity contribution in [1.82, 2.24) is 0 Å². The van der Waals surface area contributed by atoms with Gasteiger partial charge in [-0.05, 0) is 40.2 Å². The van der Waals surface area contributed by atoms with E-state index in [0.29, 0.717) is 15.8 Å². The van der Waals surface area contributed by atoms with Crippen LogP contribution in [-0.2, 0) is 9.59 Å². The molecule has 102 valence electrons. The molecule has 2 amide bonds. The van der Waals surface area contributed by atoms with E-state index in [1.54, 1.807) is 36.4 Å². The first-order valence-corrected chi connectivity index (χ1v) is 6.51. The van der Waals surface area contributed by atoms with Gasteiger partial charge in [0.2, 0.25) is 0 Å². The SMILES string of the molecule is O=C(Nc1cccc(O)c1)C(=O)Nc1ccccc1Br. The molecule has 0 atom stereocenters. The summed E-state index contributed by atoms with van der Waals surface area (Å²) in [7, 11) is 0. The number of carbonyl (C=O) groups is 2. The summed E-state index contributed by atoms with van der Waals surface area (Å²) in [5, 5.41) is 14.2. The van der Waals surface area contributed by atoms with Crippen molar-refractivity contribution >= 4 is 39.1 Å². The number of hydrogen-bond acceptors (Lipinski definition) is 3. The number of hydrogen-bond donors (Lipinski definition) is 3. The molecule has 0 radical (unpaired) electrons. The lowest BCUT2D eigenvalue weighted by Gasteiger charge is -2.08. The minimum Gasteiger partial charge on any atom is -0.508 e. The lowest BCUT2D eigenvalue weighted by Crippen LogP contribution is -2.29. The van der Waals surface area contributed by atoms with E-state index in [1.807, 2.05) is 0 Å². The summed E-state index contributed by atoms with van der Waals surface area (Å²) in [4.78, 5) is 23.5. The Balaban J connectivity index is 2.03. The van der Waals surface area contributed by atoms with Crippen LogP contribution in [0.2, 0.25) is 0 Å². The monoisotopic (exact) mass is 334 g/mol. The number of aromatic hydroxyl groups is 1. The number of anilines is 2. The van der Waals surface area contributed by atoms with Crippen molar-refractivity contribution in [3.05, 3.63) is 53.0 Å². The number of halogens is 1. The molecule has 0 bridgehead atoms. The standard InChI is InChI=1S/C14H11BrN2O3/c15-11-6-1-2-7-12(11)17-14(20)13(19)16-9-4-3-5-10(18)8-9/h1-8,18H,(H,16,19)(H,17,20). The Morgan fingerprint density at radius 2 is 1.65 bits per heavy atom. The van der Waals surface area contributed by atoms with E-state index in [2.05, 4.69) is 26.6 Å². The van der Waals surface area contributed by atoms with Gasteiger partial charge in [0.1, 0.15) is 5.75 Å². The van der Waals surface area contributed by atoms with Gasteiger partial charge in [0, 0.05) is 16.2 Å². The maximum absolute atomic E-state index is 11.7. The first-order valence-electron chi connectivity index (χ1n) is 5.72. The predicted octanol–water partition coefficient (Wildman–Crippen LogP) is 2.73. The van der Waals surface area contributed by atoms with Crippen LogP contribution in [0.15, 0.2) is 53.0 Å². The molecule has 2 aromatic rings. The van der Waals surface area contributed by atoms with Gasteiger partial charge >= 0.3 is 11.8 Å². The van der Waals surface area contributed by atoms with E-state index in [-0.39, 0.29) is 5.75 Å². The van der Waals surface area contributed by atoms with Gasteiger partial charge in [-0.25, -0.2) is 0 Å². The van der Waals surface area contributed by atoms with Gasteiger partial charge in [-0.1, -0.05) is 18.2 Å². The summed E-state index contributed by atoms with van der Waals surface area (Å²) < 4.78 is 0.679. The van der Waals surface area contributed by atoms with Crippen LogP contribution in [0.5, 0.6) is 5.75 Å². The number of nitrogens with one attached hydrogen (secondary N) is 2. The highest BCUT2D eigenvalue weighted by Crippen LogP contribution is 2.21. The van der Waals surface area contributed by atoms with Gasteiger partial charge < -0.3 is 15.7 Å². The summed E-state index contributed by atoms with van der Waals surface area (Å²) in [5.74, 6) is -1.60. The molecule has 5 nitrogen and oxygen atoms in total. The van der Waals surface area contributed by atoms with E-state index in [0.717, 1.165) is 0 Å².